The highest BCUT2D eigenvalue weighted by molar-refractivity contribution is 9.09. The molecule has 2 unspecified atom stereocenters. The Morgan fingerprint density at radius 3 is 2.88 bits per heavy atom. The van der Waals surface area contributed by atoms with Gasteiger partial charge < -0.3 is 9.64 Å². The Balaban J connectivity index is 2.23. The van der Waals surface area contributed by atoms with Crippen LogP contribution in [-0.4, -0.2) is 35.0 Å². The second-order valence-corrected chi connectivity index (χ2v) is 5.74. The summed E-state index contributed by atoms with van der Waals surface area (Å²) in [4.78, 5) is 11.4. The maximum absolute atomic E-state index is 5.24. The van der Waals surface area contributed by atoms with E-state index in [2.05, 4.69) is 37.7 Å². The molecular weight excluding hydrogens is 282 g/mol. The van der Waals surface area contributed by atoms with E-state index in [1.54, 1.807) is 13.4 Å². The molecule has 0 radical (unpaired) electrons. The van der Waals surface area contributed by atoms with E-state index in [9.17, 15) is 0 Å². The van der Waals surface area contributed by atoms with E-state index < -0.39 is 0 Å². The Labute approximate surface area is 111 Å². The largest absolute Gasteiger partial charge is 0.481 e. The summed E-state index contributed by atoms with van der Waals surface area (Å²) in [6.07, 6.45) is 2.72. The molecule has 1 saturated heterocycles. The van der Waals surface area contributed by atoms with Crippen LogP contribution in [0.25, 0.3) is 0 Å². The van der Waals surface area contributed by atoms with E-state index >= 15 is 0 Å². The van der Waals surface area contributed by atoms with Crippen LogP contribution >= 0.6 is 15.9 Å². The van der Waals surface area contributed by atoms with Gasteiger partial charge in [0.2, 0.25) is 5.88 Å². The van der Waals surface area contributed by atoms with Gasteiger partial charge in [-0.3, -0.25) is 0 Å². The Hall–Kier alpha value is -0.840. The number of methoxy groups -OCH3 is 1. The number of rotatable bonds is 2. The first-order valence-corrected chi connectivity index (χ1v) is 6.79. The van der Waals surface area contributed by atoms with Gasteiger partial charge in [-0.05, 0) is 19.3 Å². The number of alkyl halides is 1. The van der Waals surface area contributed by atoms with Gasteiger partial charge in [0.25, 0.3) is 0 Å². The van der Waals surface area contributed by atoms with E-state index in [1.807, 2.05) is 6.92 Å². The molecule has 2 rings (SSSR count). The van der Waals surface area contributed by atoms with E-state index in [4.69, 9.17) is 4.74 Å². The fourth-order valence-corrected chi connectivity index (χ4v) is 2.63. The first-order valence-electron chi connectivity index (χ1n) is 5.88. The van der Waals surface area contributed by atoms with Gasteiger partial charge in [-0.25, -0.2) is 9.97 Å². The minimum atomic E-state index is 0.614. The van der Waals surface area contributed by atoms with Crippen molar-refractivity contribution in [1.82, 2.24) is 9.97 Å². The van der Waals surface area contributed by atoms with Crippen molar-refractivity contribution in [2.24, 2.45) is 5.92 Å². The summed E-state index contributed by atoms with van der Waals surface area (Å²) in [6.45, 7) is 6.33. The lowest BCUT2D eigenvalue weighted by Gasteiger charge is -2.35. The Bertz CT molecular complexity index is 399. The fourth-order valence-electron chi connectivity index (χ4n) is 2.26. The van der Waals surface area contributed by atoms with Crippen LogP contribution in [0.15, 0.2) is 6.33 Å². The van der Waals surface area contributed by atoms with Crippen molar-refractivity contribution in [3.05, 3.63) is 11.9 Å². The van der Waals surface area contributed by atoms with Gasteiger partial charge in [-0.15, -0.1) is 0 Å². The molecule has 0 spiro atoms. The zero-order valence-electron chi connectivity index (χ0n) is 10.5. The standard InChI is InChI=1S/C12H18BrN3O/c1-8-6-16(5-4-10(8)13)11-9(2)12(17-3)15-7-14-11/h7-8,10H,4-6H2,1-3H3. The summed E-state index contributed by atoms with van der Waals surface area (Å²) in [7, 11) is 1.65. The summed E-state index contributed by atoms with van der Waals surface area (Å²) in [5.74, 6) is 2.30. The fraction of sp³-hybridized carbons (Fsp3) is 0.667. The summed E-state index contributed by atoms with van der Waals surface area (Å²) in [6, 6.07) is 0. The Kier molecular flexibility index (Phi) is 3.86. The maximum atomic E-state index is 5.24. The third kappa shape index (κ3) is 2.54. The molecule has 17 heavy (non-hydrogen) atoms. The van der Waals surface area contributed by atoms with E-state index in [0.29, 0.717) is 16.6 Å². The second-order valence-electron chi connectivity index (χ2n) is 4.56. The van der Waals surface area contributed by atoms with Crippen LogP contribution in [0.2, 0.25) is 0 Å². The van der Waals surface area contributed by atoms with Gasteiger partial charge in [0, 0.05) is 17.9 Å². The molecule has 0 aromatic carbocycles. The smallest absolute Gasteiger partial charge is 0.221 e. The average Bonchev–Trinajstić information content (AvgIpc) is 2.33. The lowest BCUT2D eigenvalue weighted by Crippen LogP contribution is -2.40. The quantitative estimate of drug-likeness (QED) is 0.786. The van der Waals surface area contributed by atoms with Gasteiger partial charge in [-0.1, -0.05) is 22.9 Å². The van der Waals surface area contributed by atoms with Crippen molar-refractivity contribution in [2.75, 3.05) is 25.1 Å². The molecule has 1 fully saturated rings. The zero-order valence-corrected chi connectivity index (χ0v) is 12.1. The summed E-state index contributed by atoms with van der Waals surface area (Å²) >= 11 is 3.72. The molecule has 2 atom stereocenters. The average molecular weight is 300 g/mol. The highest BCUT2D eigenvalue weighted by Gasteiger charge is 2.26. The van der Waals surface area contributed by atoms with E-state index in [1.165, 1.54) is 0 Å². The number of ether oxygens (including phenoxy) is 1. The molecule has 0 bridgehead atoms. The highest BCUT2D eigenvalue weighted by atomic mass is 79.9. The molecule has 0 N–H and O–H groups in total. The molecule has 4 nitrogen and oxygen atoms in total. The van der Waals surface area contributed by atoms with Gasteiger partial charge in [-0.2, -0.15) is 0 Å². The van der Waals surface area contributed by atoms with Crippen LogP contribution in [-0.2, 0) is 0 Å². The van der Waals surface area contributed by atoms with Crippen molar-refractivity contribution in [3.8, 4) is 5.88 Å². The number of aromatic nitrogens is 2. The molecular formula is C12H18BrN3O. The molecule has 0 aliphatic carbocycles. The van der Waals surface area contributed by atoms with Crippen molar-refractivity contribution >= 4 is 21.7 Å². The minimum Gasteiger partial charge on any atom is -0.481 e. The third-order valence-corrected chi connectivity index (χ3v) is 4.67. The lowest BCUT2D eigenvalue weighted by atomic mass is 10.00. The number of anilines is 1. The van der Waals surface area contributed by atoms with Crippen molar-refractivity contribution < 1.29 is 4.74 Å². The monoisotopic (exact) mass is 299 g/mol. The molecule has 1 aliphatic heterocycles. The predicted octanol–water partition coefficient (Wildman–Crippen LogP) is 2.40. The first kappa shape index (κ1) is 12.6. The van der Waals surface area contributed by atoms with Crippen molar-refractivity contribution in [1.29, 1.82) is 0 Å². The molecule has 2 heterocycles. The van der Waals surface area contributed by atoms with Crippen molar-refractivity contribution in [3.63, 3.8) is 0 Å². The molecule has 1 aromatic heterocycles. The molecule has 0 saturated carbocycles. The zero-order chi connectivity index (χ0) is 12.4. The SMILES string of the molecule is COc1ncnc(N2CCC(Br)C(C)C2)c1C. The van der Waals surface area contributed by atoms with Gasteiger partial charge in [0.1, 0.15) is 12.1 Å². The topological polar surface area (TPSA) is 38.3 Å². The van der Waals surface area contributed by atoms with Crippen LogP contribution in [0, 0.1) is 12.8 Å². The van der Waals surface area contributed by atoms with Crippen LogP contribution in [0.3, 0.4) is 0 Å². The predicted molar refractivity (Wildman–Crippen MR) is 72.0 cm³/mol. The van der Waals surface area contributed by atoms with Crippen LogP contribution in [0.5, 0.6) is 5.88 Å². The minimum absolute atomic E-state index is 0.614. The van der Waals surface area contributed by atoms with Gasteiger partial charge in [0.15, 0.2) is 0 Å². The Morgan fingerprint density at radius 2 is 2.24 bits per heavy atom. The highest BCUT2D eigenvalue weighted by Crippen LogP contribution is 2.30. The number of hydrogen-bond donors (Lipinski definition) is 0. The third-order valence-electron chi connectivity index (χ3n) is 3.30. The molecule has 5 heteroatoms. The first-order chi connectivity index (χ1) is 8.13. The van der Waals surface area contributed by atoms with E-state index in [0.717, 1.165) is 30.9 Å². The van der Waals surface area contributed by atoms with Crippen LogP contribution in [0.4, 0.5) is 5.82 Å². The molecule has 1 aromatic rings. The Morgan fingerprint density at radius 1 is 1.47 bits per heavy atom. The summed E-state index contributed by atoms with van der Waals surface area (Å²) in [5.41, 5.74) is 1.02. The summed E-state index contributed by atoms with van der Waals surface area (Å²) < 4.78 is 5.24. The van der Waals surface area contributed by atoms with Crippen LogP contribution < -0.4 is 9.64 Å². The van der Waals surface area contributed by atoms with Crippen LogP contribution in [0.1, 0.15) is 18.9 Å². The number of nitrogens with zero attached hydrogens (tertiary/aromatic N) is 3. The number of piperidine rings is 1. The number of halogens is 1. The second kappa shape index (κ2) is 5.21. The molecule has 1 aliphatic rings. The maximum Gasteiger partial charge on any atom is 0.221 e. The van der Waals surface area contributed by atoms with E-state index in [-0.39, 0.29) is 0 Å². The number of hydrogen-bond acceptors (Lipinski definition) is 4. The van der Waals surface area contributed by atoms with Gasteiger partial charge >= 0.3 is 0 Å². The van der Waals surface area contributed by atoms with Crippen molar-refractivity contribution in [2.45, 2.75) is 25.1 Å². The molecule has 94 valence electrons. The van der Waals surface area contributed by atoms with Gasteiger partial charge in [0.05, 0.1) is 12.7 Å². The molecule has 0 amide bonds. The normalized spacial score (nSPS) is 24.8. The lowest BCUT2D eigenvalue weighted by molar-refractivity contribution is 0.392. The summed E-state index contributed by atoms with van der Waals surface area (Å²) in [5, 5.41) is 0.